The molecule has 0 aliphatic rings. The van der Waals surface area contributed by atoms with Crippen molar-refractivity contribution in [1.82, 2.24) is 0 Å². The van der Waals surface area contributed by atoms with E-state index < -0.39 is 43.8 Å². The molecule has 0 fully saturated rings. The maximum Gasteiger partial charge on any atom is 0.365 e. The van der Waals surface area contributed by atoms with Crippen molar-refractivity contribution in [2.75, 3.05) is 6.61 Å². The third kappa shape index (κ3) is 4.83. The number of ether oxygens (including phenoxy) is 2. The minimum absolute atomic E-state index is 0.671. The zero-order valence-corrected chi connectivity index (χ0v) is 12.2. The molecule has 1 unspecified atom stereocenters. The van der Waals surface area contributed by atoms with Gasteiger partial charge in [0.25, 0.3) is 5.79 Å². The average molecular weight is 300 g/mol. The van der Waals surface area contributed by atoms with Crippen molar-refractivity contribution >= 4 is 13.6 Å². The van der Waals surface area contributed by atoms with Crippen LogP contribution in [0.2, 0.25) is 0 Å². The van der Waals surface area contributed by atoms with Gasteiger partial charge in [-0.15, -0.1) is 0 Å². The van der Waals surface area contributed by atoms with Gasteiger partial charge in [0.1, 0.15) is 5.66 Å². The molecule has 9 heteroatoms. The van der Waals surface area contributed by atoms with Crippen LogP contribution in [0, 0.1) is 0 Å². The zero-order valence-electron chi connectivity index (χ0n) is 11.3. The SMILES string of the molecule is CC(C)OC(OC(C)C)(C(=O)O)C(CO)P(=O)(O)O. The van der Waals surface area contributed by atoms with Gasteiger partial charge in [0, 0.05) is 0 Å². The van der Waals surface area contributed by atoms with Crippen molar-refractivity contribution in [1.29, 1.82) is 0 Å². The fourth-order valence-corrected chi connectivity index (χ4v) is 2.46. The van der Waals surface area contributed by atoms with Crippen LogP contribution in [0.5, 0.6) is 0 Å². The van der Waals surface area contributed by atoms with E-state index >= 15 is 0 Å². The summed E-state index contributed by atoms with van der Waals surface area (Å²) in [5, 5.41) is 18.4. The van der Waals surface area contributed by atoms with Crippen LogP contribution >= 0.6 is 7.60 Å². The minimum atomic E-state index is -4.94. The van der Waals surface area contributed by atoms with Crippen LogP contribution in [0.15, 0.2) is 0 Å². The van der Waals surface area contributed by atoms with Gasteiger partial charge in [0.15, 0.2) is 0 Å². The van der Waals surface area contributed by atoms with Gasteiger partial charge in [0.05, 0.1) is 18.8 Å². The summed E-state index contributed by atoms with van der Waals surface area (Å²) >= 11 is 0. The highest BCUT2D eigenvalue weighted by molar-refractivity contribution is 7.52. The highest BCUT2D eigenvalue weighted by atomic mass is 31.2. The topological polar surface area (TPSA) is 134 Å². The first kappa shape index (κ1) is 18.5. The molecule has 0 aromatic carbocycles. The molecule has 8 nitrogen and oxygen atoms in total. The average Bonchev–Trinajstić information content (AvgIpc) is 2.12. The first-order valence-corrected chi connectivity index (χ1v) is 7.40. The molecular formula is C10H21O8P. The molecule has 114 valence electrons. The Morgan fingerprint density at radius 2 is 1.53 bits per heavy atom. The Hall–Kier alpha value is -0.500. The number of carbonyl (C=O) groups is 1. The molecule has 4 N–H and O–H groups in total. The Morgan fingerprint density at radius 1 is 1.16 bits per heavy atom. The van der Waals surface area contributed by atoms with Crippen LogP contribution < -0.4 is 0 Å². The fraction of sp³-hybridized carbons (Fsp3) is 0.900. The first-order valence-electron chi connectivity index (χ1n) is 5.72. The monoisotopic (exact) mass is 300 g/mol. The summed E-state index contributed by atoms with van der Waals surface area (Å²) in [5.41, 5.74) is -2.01. The second-order valence-electron chi connectivity index (χ2n) is 4.59. The van der Waals surface area contributed by atoms with E-state index in [1.54, 1.807) is 0 Å². The smallest absolute Gasteiger partial charge is 0.365 e. The summed E-state index contributed by atoms with van der Waals surface area (Å²) in [6.45, 7) is 4.89. The normalized spacial score (nSPS) is 15.0. The molecule has 0 aromatic heterocycles. The lowest BCUT2D eigenvalue weighted by molar-refractivity contribution is -0.271. The molecular weight excluding hydrogens is 279 g/mol. The van der Waals surface area contributed by atoms with Crippen molar-refractivity contribution in [3.05, 3.63) is 0 Å². The Kier molecular flexibility index (Phi) is 6.61. The number of aliphatic hydroxyl groups excluding tert-OH is 1. The lowest BCUT2D eigenvalue weighted by atomic mass is 10.1. The molecule has 1 atom stereocenters. The van der Waals surface area contributed by atoms with Crippen LogP contribution in [0.1, 0.15) is 27.7 Å². The van der Waals surface area contributed by atoms with Crippen LogP contribution in [0.4, 0.5) is 0 Å². The molecule has 0 heterocycles. The summed E-state index contributed by atoms with van der Waals surface area (Å²) in [7, 11) is -4.94. The zero-order chi connectivity index (χ0) is 15.4. The molecule has 0 aliphatic carbocycles. The van der Waals surface area contributed by atoms with E-state index in [2.05, 4.69) is 0 Å². The van der Waals surface area contributed by atoms with Gasteiger partial charge in [-0.2, -0.15) is 0 Å². The Bertz CT molecular complexity index is 337. The summed E-state index contributed by atoms with van der Waals surface area (Å²) in [4.78, 5) is 29.9. The number of carboxylic acid groups (broad SMARTS) is 1. The van der Waals surface area contributed by atoms with Crippen molar-refractivity contribution in [2.24, 2.45) is 0 Å². The summed E-state index contributed by atoms with van der Waals surface area (Å²) in [5.74, 6) is -4.30. The highest BCUT2D eigenvalue weighted by Crippen LogP contribution is 2.48. The van der Waals surface area contributed by atoms with Gasteiger partial charge in [0.2, 0.25) is 0 Å². The fourth-order valence-electron chi connectivity index (χ4n) is 1.58. The maximum absolute atomic E-state index is 11.4. The van der Waals surface area contributed by atoms with E-state index in [-0.39, 0.29) is 0 Å². The molecule has 0 aromatic rings. The number of aliphatic hydroxyl groups is 1. The minimum Gasteiger partial charge on any atom is -0.477 e. The van der Waals surface area contributed by atoms with Gasteiger partial charge in [-0.3, -0.25) is 4.57 Å². The van der Waals surface area contributed by atoms with Crippen molar-refractivity contribution < 1.29 is 38.8 Å². The Labute approximate surface area is 111 Å². The van der Waals surface area contributed by atoms with Gasteiger partial charge >= 0.3 is 13.6 Å². The Balaban J connectivity index is 5.79. The molecule has 0 rings (SSSR count). The third-order valence-electron chi connectivity index (χ3n) is 2.14. The Morgan fingerprint density at radius 3 is 1.68 bits per heavy atom. The van der Waals surface area contributed by atoms with Crippen LogP contribution in [0.25, 0.3) is 0 Å². The molecule has 0 saturated heterocycles. The predicted molar refractivity (Wildman–Crippen MR) is 65.7 cm³/mol. The predicted octanol–water partition coefficient (Wildman–Crippen LogP) is 0.156. The lowest BCUT2D eigenvalue weighted by Gasteiger charge is -2.38. The molecule has 0 saturated carbocycles. The largest absolute Gasteiger partial charge is 0.477 e. The van der Waals surface area contributed by atoms with E-state index in [9.17, 15) is 24.3 Å². The second-order valence-corrected chi connectivity index (χ2v) is 6.39. The molecule has 0 radical (unpaired) electrons. The van der Waals surface area contributed by atoms with Crippen molar-refractivity contribution in [2.45, 2.75) is 51.3 Å². The van der Waals surface area contributed by atoms with E-state index in [1.165, 1.54) is 27.7 Å². The van der Waals surface area contributed by atoms with E-state index in [4.69, 9.17) is 14.6 Å². The number of hydrogen-bond donors (Lipinski definition) is 4. The standard InChI is InChI=1S/C10H21O8P/c1-6(2)17-10(9(12)13,18-7(3)4)8(5-11)19(14,15)16/h6-8,11H,5H2,1-4H3,(H,12,13)(H2,14,15,16). The lowest BCUT2D eigenvalue weighted by Crippen LogP contribution is -2.57. The molecule has 19 heavy (non-hydrogen) atoms. The number of rotatable bonds is 8. The third-order valence-corrected chi connectivity index (χ3v) is 3.45. The van der Waals surface area contributed by atoms with Gasteiger partial charge in [-0.1, -0.05) is 0 Å². The highest BCUT2D eigenvalue weighted by Gasteiger charge is 2.57. The maximum atomic E-state index is 11.4. The molecule has 0 amide bonds. The van der Waals surface area contributed by atoms with E-state index in [1.807, 2.05) is 0 Å². The molecule has 0 spiro atoms. The first-order chi connectivity index (χ1) is 8.47. The van der Waals surface area contributed by atoms with Crippen molar-refractivity contribution in [3.8, 4) is 0 Å². The van der Waals surface area contributed by atoms with Gasteiger partial charge in [-0.05, 0) is 27.7 Å². The summed E-state index contributed by atoms with van der Waals surface area (Å²) in [6.07, 6.45) is -1.34. The quantitative estimate of drug-likeness (QED) is 0.368. The molecule has 0 aliphatic heterocycles. The van der Waals surface area contributed by atoms with Crippen LogP contribution in [-0.2, 0) is 18.8 Å². The van der Waals surface area contributed by atoms with E-state index in [0.717, 1.165) is 0 Å². The van der Waals surface area contributed by atoms with E-state index in [0.29, 0.717) is 0 Å². The summed E-state index contributed by atoms with van der Waals surface area (Å²) in [6, 6.07) is 0. The summed E-state index contributed by atoms with van der Waals surface area (Å²) < 4.78 is 21.6. The number of carboxylic acids is 1. The van der Waals surface area contributed by atoms with Crippen LogP contribution in [0.3, 0.4) is 0 Å². The number of hydrogen-bond acceptors (Lipinski definition) is 5. The van der Waals surface area contributed by atoms with Crippen molar-refractivity contribution in [3.63, 3.8) is 0 Å². The molecule has 0 bridgehead atoms. The number of aliphatic carboxylic acids is 1. The second kappa shape index (κ2) is 6.78. The van der Waals surface area contributed by atoms with Gasteiger partial charge < -0.3 is 29.5 Å². The van der Waals surface area contributed by atoms with Gasteiger partial charge in [-0.25, -0.2) is 4.79 Å². The van der Waals surface area contributed by atoms with Crippen LogP contribution in [-0.4, -0.2) is 56.2 Å².